The van der Waals surface area contributed by atoms with Crippen LogP contribution in [0.15, 0.2) is 30.3 Å². The molecule has 0 aliphatic carbocycles. The number of nitrogens with zero attached hydrogens (tertiary/aromatic N) is 2. The van der Waals surface area contributed by atoms with Crippen LogP contribution in [0.5, 0.6) is 0 Å². The zero-order valence-electron chi connectivity index (χ0n) is 12.7. The fourth-order valence-corrected chi connectivity index (χ4v) is 3.08. The zero-order chi connectivity index (χ0) is 14.2. The van der Waals surface area contributed by atoms with Crippen LogP contribution >= 0.6 is 0 Å². The van der Waals surface area contributed by atoms with E-state index < -0.39 is 0 Å². The molecule has 1 aliphatic rings. The Hall–Kier alpha value is -0.900. The Balaban J connectivity index is 1.88. The molecule has 1 N–H and O–H groups in total. The normalized spacial score (nSPS) is 18.4. The van der Waals surface area contributed by atoms with Gasteiger partial charge in [0.1, 0.15) is 0 Å². The molecule has 1 unspecified atom stereocenters. The van der Waals surface area contributed by atoms with E-state index in [2.05, 4.69) is 41.1 Å². The largest absolute Gasteiger partial charge is 0.396 e. The van der Waals surface area contributed by atoms with Crippen molar-refractivity contribution in [1.29, 1.82) is 0 Å². The SMILES string of the molecule is CN(CCN1CCCCC1)C(CCO)c1ccccc1. The highest BCUT2D eigenvalue weighted by Gasteiger charge is 2.17. The third-order valence-corrected chi connectivity index (χ3v) is 4.34. The second-order valence-electron chi connectivity index (χ2n) is 5.82. The van der Waals surface area contributed by atoms with Crippen LogP contribution in [0, 0.1) is 0 Å². The number of hydrogen-bond acceptors (Lipinski definition) is 3. The molecule has 0 radical (unpaired) electrons. The minimum absolute atomic E-state index is 0.244. The van der Waals surface area contributed by atoms with E-state index in [9.17, 15) is 5.11 Å². The minimum Gasteiger partial charge on any atom is -0.396 e. The number of aliphatic hydroxyl groups excluding tert-OH is 1. The van der Waals surface area contributed by atoms with E-state index in [1.807, 2.05) is 6.07 Å². The number of likely N-dealkylation sites (N-methyl/N-ethyl adjacent to an activating group) is 1. The van der Waals surface area contributed by atoms with Crippen LogP contribution in [0.1, 0.15) is 37.3 Å². The van der Waals surface area contributed by atoms with Gasteiger partial charge in [0.05, 0.1) is 0 Å². The maximum absolute atomic E-state index is 9.33. The summed E-state index contributed by atoms with van der Waals surface area (Å²) in [4.78, 5) is 4.96. The third kappa shape index (κ3) is 4.58. The first-order valence-electron chi connectivity index (χ1n) is 7.89. The van der Waals surface area contributed by atoms with Crippen LogP contribution in [0.2, 0.25) is 0 Å². The Labute approximate surface area is 123 Å². The fraction of sp³-hybridized carbons (Fsp3) is 0.647. The molecule has 1 heterocycles. The van der Waals surface area contributed by atoms with Gasteiger partial charge in [-0.3, -0.25) is 4.90 Å². The van der Waals surface area contributed by atoms with Gasteiger partial charge in [-0.1, -0.05) is 36.8 Å². The van der Waals surface area contributed by atoms with Gasteiger partial charge in [-0.05, 0) is 45.0 Å². The summed E-state index contributed by atoms with van der Waals surface area (Å²) in [6, 6.07) is 10.9. The highest BCUT2D eigenvalue weighted by Crippen LogP contribution is 2.22. The van der Waals surface area contributed by atoms with Crippen molar-refractivity contribution < 1.29 is 5.11 Å². The Bertz CT molecular complexity index is 363. The predicted octanol–water partition coefficient (Wildman–Crippen LogP) is 2.53. The molecular weight excluding hydrogens is 248 g/mol. The molecule has 0 saturated carbocycles. The summed E-state index contributed by atoms with van der Waals surface area (Å²) in [6.07, 6.45) is 4.90. The predicted molar refractivity (Wildman–Crippen MR) is 83.8 cm³/mol. The minimum atomic E-state index is 0.244. The van der Waals surface area contributed by atoms with Crippen molar-refractivity contribution in [1.82, 2.24) is 9.80 Å². The molecule has 0 aromatic heterocycles. The van der Waals surface area contributed by atoms with Gasteiger partial charge in [-0.25, -0.2) is 0 Å². The van der Waals surface area contributed by atoms with Crippen molar-refractivity contribution in [2.24, 2.45) is 0 Å². The van der Waals surface area contributed by atoms with Gasteiger partial charge < -0.3 is 10.0 Å². The molecule has 1 aliphatic heterocycles. The molecule has 1 atom stereocenters. The highest BCUT2D eigenvalue weighted by molar-refractivity contribution is 5.18. The Morgan fingerprint density at radius 3 is 2.50 bits per heavy atom. The zero-order valence-corrected chi connectivity index (χ0v) is 12.7. The van der Waals surface area contributed by atoms with E-state index in [1.165, 1.54) is 37.9 Å². The van der Waals surface area contributed by atoms with Crippen molar-refractivity contribution in [3.8, 4) is 0 Å². The van der Waals surface area contributed by atoms with E-state index >= 15 is 0 Å². The van der Waals surface area contributed by atoms with E-state index in [0.29, 0.717) is 6.04 Å². The number of benzene rings is 1. The first kappa shape index (κ1) is 15.5. The molecule has 0 spiro atoms. The molecule has 0 bridgehead atoms. The Morgan fingerprint density at radius 2 is 1.85 bits per heavy atom. The van der Waals surface area contributed by atoms with E-state index in [0.717, 1.165) is 19.5 Å². The number of likely N-dealkylation sites (tertiary alicyclic amines) is 1. The average Bonchev–Trinajstić information content (AvgIpc) is 2.52. The second kappa shape index (κ2) is 8.40. The summed E-state index contributed by atoms with van der Waals surface area (Å²) >= 11 is 0. The second-order valence-corrected chi connectivity index (χ2v) is 5.82. The molecule has 3 heteroatoms. The number of hydrogen-bond donors (Lipinski definition) is 1. The van der Waals surface area contributed by atoms with Crippen LogP contribution in [-0.2, 0) is 0 Å². The number of piperidine rings is 1. The van der Waals surface area contributed by atoms with Gasteiger partial charge in [0.2, 0.25) is 0 Å². The highest BCUT2D eigenvalue weighted by atomic mass is 16.3. The fourth-order valence-electron chi connectivity index (χ4n) is 3.08. The van der Waals surface area contributed by atoms with E-state index in [4.69, 9.17) is 0 Å². The summed E-state index contributed by atoms with van der Waals surface area (Å²) in [5.74, 6) is 0. The Morgan fingerprint density at radius 1 is 1.15 bits per heavy atom. The van der Waals surface area contributed by atoms with Crippen LogP contribution < -0.4 is 0 Å². The quantitative estimate of drug-likeness (QED) is 0.829. The molecule has 1 saturated heterocycles. The summed E-state index contributed by atoms with van der Waals surface area (Å²) in [5.41, 5.74) is 1.31. The molecule has 1 aromatic rings. The third-order valence-electron chi connectivity index (χ3n) is 4.34. The standard InChI is InChI=1S/C17H28N2O/c1-18(13-14-19-11-6-3-7-12-19)17(10-15-20)16-8-4-2-5-9-16/h2,4-5,8-9,17,20H,3,6-7,10-15H2,1H3. The van der Waals surface area contributed by atoms with Gasteiger partial charge in [0, 0.05) is 25.7 Å². The van der Waals surface area contributed by atoms with Crippen molar-refractivity contribution in [2.45, 2.75) is 31.7 Å². The van der Waals surface area contributed by atoms with Crippen molar-refractivity contribution >= 4 is 0 Å². The van der Waals surface area contributed by atoms with Crippen molar-refractivity contribution in [3.63, 3.8) is 0 Å². The van der Waals surface area contributed by atoms with Gasteiger partial charge in [-0.15, -0.1) is 0 Å². The lowest BCUT2D eigenvalue weighted by molar-refractivity contribution is 0.150. The van der Waals surface area contributed by atoms with Crippen LogP contribution in [0.25, 0.3) is 0 Å². The lowest BCUT2D eigenvalue weighted by Gasteiger charge is -2.32. The monoisotopic (exact) mass is 276 g/mol. The number of aliphatic hydroxyl groups is 1. The lowest BCUT2D eigenvalue weighted by Crippen LogP contribution is -2.38. The molecule has 20 heavy (non-hydrogen) atoms. The van der Waals surface area contributed by atoms with E-state index in [1.54, 1.807) is 0 Å². The van der Waals surface area contributed by atoms with Crippen molar-refractivity contribution in [2.75, 3.05) is 39.8 Å². The first-order chi connectivity index (χ1) is 9.81. The molecule has 3 nitrogen and oxygen atoms in total. The van der Waals surface area contributed by atoms with Crippen LogP contribution in [0.4, 0.5) is 0 Å². The first-order valence-corrected chi connectivity index (χ1v) is 7.89. The van der Waals surface area contributed by atoms with Gasteiger partial charge in [-0.2, -0.15) is 0 Å². The maximum Gasteiger partial charge on any atom is 0.0449 e. The van der Waals surface area contributed by atoms with Crippen LogP contribution in [0.3, 0.4) is 0 Å². The van der Waals surface area contributed by atoms with Gasteiger partial charge >= 0.3 is 0 Å². The maximum atomic E-state index is 9.33. The summed E-state index contributed by atoms with van der Waals surface area (Å²) in [7, 11) is 2.18. The summed E-state index contributed by atoms with van der Waals surface area (Å²) < 4.78 is 0. The number of rotatable bonds is 7. The van der Waals surface area contributed by atoms with E-state index in [-0.39, 0.29) is 6.61 Å². The average molecular weight is 276 g/mol. The Kier molecular flexibility index (Phi) is 6.51. The molecular formula is C17H28N2O. The molecule has 112 valence electrons. The molecule has 1 fully saturated rings. The molecule has 1 aromatic carbocycles. The topological polar surface area (TPSA) is 26.7 Å². The van der Waals surface area contributed by atoms with Crippen molar-refractivity contribution in [3.05, 3.63) is 35.9 Å². The van der Waals surface area contributed by atoms with Gasteiger partial charge in [0.15, 0.2) is 0 Å². The van der Waals surface area contributed by atoms with Crippen LogP contribution in [-0.4, -0.2) is 54.7 Å². The lowest BCUT2D eigenvalue weighted by atomic mass is 10.0. The summed E-state index contributed by atoms with van der Waals surface area (Å²) in [5, 5.41) is 9.33. The molecule has 2 rings (SSSR count). The van der Waals surface area contributed by atoms with Gasteiger partial charge in [0.25, 0.3) is 0 Å². The smallest absolute Gasteiger partial charge is 0.0449 e. The summed E-state index contributed by atoms with van der Waals surface area (Å²) in [6.45, 7) is 4.96. The molecule has 0 amide bonds.